The Labute approximate surface area is 95.9 Å². The lowest BCUT2D eigenvalue weighted by Crippen LogP contribution is -2.19. The summed E-state index contributed by atoms with van der Waals surface area (Å²) in [6, 6.07) is 5.81. The van der Waals surface area contributed by atoms with Gasteiger partial charge in [-0.3, -0.25) is 0 Å². The second kappa shape index (κ2) is 4.41. The monoisotopic (exact) mass is 282 g/mol. The zero-order chi connectivity index (χ0) is 13.3. The zero-order valence-corrected chi connectivity index (χ0v) is 9.78. The molecular formula is C6H7N2O7PS. The summed E-state index contributed by atoms with van der Waals surface area (Å²) in [5, 5.41) is 21.6. The minimum atomic E-state index is -5.56. The molecule has 0 spiro atoms. The van der Waals surface area contributed by atoms with Crippen molar-refractivity contribution in [1.82, 2.24) is 0 Å². The van der Waals surface area contributed by atoms with Crippen molar-refractivity contribution in [1.29, 1.82) is 0 Å². The number of hydrogen-bond donors (Lipinski definition) is 2. The van der Waals surface area contributed by atoms with E-state index in [0.717, 1.165) is 12.1 Å². The Morgan fingerprint density at radius 2 is 1.47 bits per heavy atom. The van der Waals surface area contributed by atoms with Crippen LogP contribution in [-0.4, -0.2) is 18.4 Å². The van der Waals surface area contributed by atoms with Crippen LogP contribution in [0.25, 0.3) is 0 Å². The summed E-state index contributed by atoms with van der Waals surface area (Å²) < 4.78 is 8.19. The van der Waals surface area contributed by atoms with Gasteiger partial charge in [-0.25, -0.2) is 24.8 Å². The van der Waals surface area contributed by atoms with Gasteiger partial charge in [-0.15, -0.1) is 0 Å². The topological polar surface area (TPSA) is 144 Å². The van der Waals surface area contributed by atoms with Gasteiger partial charge in [-0.2, -0.15) is 0 Å². The van der Waals surface area contributed by atoms with E-state index in [-0.39, 0.29) is 0 Å². The summed E-state index contributed by atoms with van der Waals surface area (Å²) >= 11 is 0. The predicted octanol–water partition coefficient (Wildman–Crippen LogP) is 1.33. The first-order valence-electron chi connectivity index (χ1n) is 3.98. The van der Waals surface area contributed by atoms with Crippen LogP contribution in [-0.2, 0) is 4.57 Å². The number of benzene rings is 1. The molecule has 0 aliphatic carbocycles. The fourth-order valence-electron chi connectivity index (χ4n) is 1.14. The Bertz CT molecular complexity index is 486. The van der Waals surface area contributed by atoms with Gasteiger partial charge in [0.05, 0.1) is 0 Å². The highest BCUT2D eigenvalue weighted by Gasteiger charge is 2.67. The maximum absolute atomic E-state index is 11.2. The number of hydrogen-bond acceptors (Lipinski definition) is 5. The molecule has 0 amide bonds. The summed E-state index contributed by atoms with van der Waals surface area (Å²) in [6.45, 7) is -5.56. The van der Waals surface area contributed by atoms with E-state index in [1.807, 2.05) is 0 Å². The number of nitro groups is 2. The molecule has 94 valence electrons. The molecule has 0 aliphatic rings. The highest BCUT2D eigenvalue weighted by atomic mass is 32.8. The third-order valence-corrected chi connectivity index (χ3v) is 7.63. The van der Waals surface area contributed by atoms with Gasteiger partial charge in [0.2, 0.25) is 0 Å². The molecule has 0 saturated heterocycles. The Morgan fingerprint density at radius 1 is 1.06 bits per heavy atom. The van der Waals surface area contributed by atoms with E-state index in [9.17, 15) is 24.8 Å². The van der Waals surface area contributed by atoms with E-state index in [1.165, 1.54) is 18.2 Å². The molecule has 17 heavy (non-hydrogen) atoms. The van der Waals surface area contributed by atoms with Crippen molar-refractivity contribution in [2.75, 3.05) is 0 Å². The van der Waals surface area contributed by atoms with Crippen LogP contribution in [0.4, 0.5) is 0 Å². The molecule has 0 saturated carbocycles. The number of rotatable bonds is 4. The Balaban J connectivity index is 3.66. The number of nitrogens with zero attached hydrogens (tertiary/aromatic N) is 2. The molecule has 0 aromatic heterocycles. The largest absolute Gasteiger partial charge is 0.498 e. The zero-order valence-electron chi connectivity index (χ0n) is 8.07. The second-order valence-electron chi connectivity index (χ2n) is 2.77. The molecule has 0 aliphatic heterocycles. The predicted molar refractivity (Wildman–Crippen MR) is 58.3 cm³/mol. The third kappa shape index (κ3) is 2.03. The Hall–Kier alpha value is -1.48. The normalized spacial score (nSPS) is 13.1. The first kappa shape index (κ1) is 13.6. The average Bonchev–Trinajstić information content (AvgIpc) is 2.16. The van der Waals surface area contributed by atoms with Crippen molar-refractivity contribution in [3.63, 3.8) is 0 Å². The molecule has 0 unspecified atom stereocenters. The van der Waals surface area contributed by atoms with Crippen LogP contribution >= 0.6 is 16.8 Å². The van der Waals surface area contributed by atoms with Crippen molar-refractivity contribution in [3.05, 3.63) is 50.6 Å². The summed E-state index contributed by atoms with van der Waals surface area (Å²) in [5.41, 5.74) is 0. The molecule has 2 N–H and O–H groups in total. The molecule has 0 radical (unpaired) electrons. The first-order valence-corrected chi connectivity index (χ1v) is 7.74. The SMILES string of the molecule is O=[N+]([O-])S(c1ccccc1)([N+](=O)[O-])P(=O)(O)O. The van der Waals surface area contributed by atoms with E-state index < -0.39 is 30.4 Å². The van der Waals surface area contributed by atoms with Crippen LogP contribution in [0.2, 0.25) is 0 Å². The Morgan fingerprint density at radius 3 is 1.76 bits per heavy atom. The van der Waals surface area contributed by atoms with Crippen LogP contribution in [0.5, 0.6) is 0 Å². The second-order valence-corrected chi connectivity index (χ2v) is 8.81. The molecule has 1 aromatic carbocycles. The van der Waals surface area contributed by atoms with Crippen LogP contribution in [0.15, 0.2) is 35.2 Å². The van der Waals surface area contributed by atoms with Gasteiger partial charge >= 0.3 is 16.8 Å². The lowest BCUT2D eigenvalue weighted by atomic mass is 10.4. The summed E-state index contributed by atoms with van der Waals surface area (Å²) in [7, 11) is -4.71. The highest BCUT2D eigenvalue weighted by molar-refractivity contribution is 8.70. The lowest BCUT2D eigenvalue weighted by molar-refractivity contribution is -0.406. The lowest BCUT2D eigenvalue weighted by Gasteiger charge is -2.20. The quantitative estimate of drug-likeness (QED) is 0.481. The van der Waals surface area contributed by atoms with Crippen molar-refractivity contribution < 1.29 is 23.0 Å². The molecule has 0 bridgehead atoms. The van der Waals surface area contributed by atoms with E-state index in [0.29, 0.717) is 0 Å². The molecule has 0 heterocycles. The third-order valence-electron chi connectivity index (χ3n) is 1.81. The van der Waals surface area contributed by atoms with E-state index >= 15 is 0 Å². The highest BCUT2D eigenvalue weighted by Crippen LogP contribution is 2.81. The maximum atomic E-state index is 11.2. The summed E-state index contributed by atoms with van der Waals surface area (Å²) in [5.74, 6) is 0. The van der Waals surface area contributed by atoms with Gasteiger partial charge in [0, 0.05) is 0 Å². The average molecular weight is 282 g/mol. The molecule has 9 nitrogen and oxygen atoms in total. The van der Waals surface area contributed by atoms with Crippen molar-refractivity contribution in [2.24, 2.45) is 0 Å². The summed E-state index contributed by atoms with van der Waals surface area (Å²) in [6.07, 6.45) is 0. The molecular weight excluding hydrogens is 275 g/mol. The van der Waals surface area contributed by atoms with Gasteiger partial charge in [0.1, 0.15) is 4.90 Å². The molecule has 0 atom stereocenters. The first-order chi connectivity index (χ1) is 7.74. The smallest absolute Gasteiger partial charge is 0.309 e. The van der Waals surface area contributed by atoms with Gasteiger partial charge in [0.25, 0.3) is 0 Å². The molecule has 11 heteroatoms. The van der Waals surface area contributed by atoms with Crippen LogP contribution < -0.4 is 0 Å². The van der Waals surface area contributed by atoms with Crippen LogP contribution in [0.3, 0.4) is 0 Å². The Kier molecular flexibility index (Phi) is 3.53. The minimum absolute atomic E-state index is 0.594. The van der Waals surface area contributed by atoms with Crippen LogP contribution in [0.1, 0.15) is 0 Å². The van der Waals surface area contributed by atoms with Gasteiger partial charge in [0.15, 0.2) is 8.66 Å². The maximum Gasteiger partial charge on any atom is 0.498 e. The van der Waals surface area contributed by atoms with Gasteiger partial charge in [-0.1, -0.05) is 18.2 Å². The van der Waals surface area contributed by atoms with E-state index in [4.69, 9.17) is 9.79 Å². The van der Waals surface area contributed by atoms with Crippen molar-refractivity contribution >= 4 is 16.8 Å². The van der Waals surface area contributed by atoms with Crippen molar-refractivity contribution in [2.45, 2.75) is 4.90 Å². The fraction of sp³-hybridized carbons (Fsp3) is 0. The van der Waals surface area contributed by atoms with Gasteiger partial charge in [-0.05, 0) is 12.1 Å². The molecule has 1 rings (SSSR count). The van der Waals surface area contributed by atoms with E-state index in [2.05, 4.69) is 0 Å². The molecule has 1 aromatic rings. The molecule has 0 fully saturated rings. The standard InChI is InChI=1S/C6H7N2O7PS/c9-7(10)17(8(11)12,16(13,14)15)6-4-2-1-3-5-6/h1-5H,(H2,13,14,15). The van der Waals surface area contributed by atoms with Crippen molar-refractivity contribution in [3.8, 4) is 0 Å². The minimum Gasteiger partial charge on any atom is -0.309 e. The van der Waals surface area contributed by atoms with Crippen LogP contribution in [0, 0.1) is 20.2 Å². The summed E-state index contributed by atoms with van der Waals surface area (Å²) in [4.78, 5) is 39.0. The van der Waals surface area contributed by atoms with E-state index in [1.54, 1.807) is 0 Å². The van der Waals surface area contributed by atoms with Gasteiger partial charge < -0.3 is 9.79 Å². The fourth-order valence-corrected chi connectivity index (χ4v) is 4.97.